The minimum Gasteiger partial charge on any atom is -0.450 e. The summed E-state index contributed by atoms with van der Waals surface area (Å²) in [5.41, 5.74) is 1.44. The monoisotopic (exact) mass is 383 g/mol. The van der Waals surface area contributed by atoms with Crippen LogP contribution < -0.4 is 4.90 Å². The molecule has 28 heavy (non-hydrogen) atoms. The quantitative estimate of drug-likeness (QED) is 0.790. The predicted octanol–water partition coefficient (Wildman–Crippen LogP) is 2.55. The van der Waals surface area contributed by atoms with Crippen molar-refractivity contribution >= 4 is 23.6 Å². The number of hydrogen-bond donors (Lipinski definition) is 0. The Hall–Kier alpha value is -3.16. The van der Waals surface area contributed by atoms with E-state index < -0.39 is 0 Å². The van der Waals surface area contributed by atoms with Gasteiger partial charge in [0.15, 0.2) is 0 Å². The average molecular weight is 383 g/mol. The lowest BCUT2D eigenvalue weighted by Gasteiger charge is -2.34. The highest BCUT2D eigenvalue weighted by Gasteiger charge is 2.26. The summed E-state index contributed by atoms with van der Waals surface area (Å²) in [6, 6.07) is 9.88. The van der Waals surface area contributed by atoms with Gasteiger partial charge in [-0.2, -0.15) is 0 Å². The standard InChI is InChI=1S/C20H25N5O3/c1-3-25(17-8-6-5-7-9-17)19-21-14-16(15-22-19)18(26)23-10-12-24(13-11-23)20(27)28-4-2/h5-9,14-15H,3-4,10-13H2,1-2H3. The first kappa shape index (κ1) is 19.6. The third kappa shape index (κ3) is 4.39. The van der Waals surface area contributed by atoms with E-state index >= 15 is 0 Å². The number of ether oxygens (including phenoxy) is 1. The molecule has 0 saturated carbocycles. The highest BCUT2D eigenvalue weighted by atomic mass is 16.6. The summed E-state index contributed by atoms with van der Waals surface area (Å²) < 4.78 is 5.00. The highest BCUT2D eigenvalue weighted by molar-refractivity contribution is 5.94. The molecule has 148 valence electrons. The van der Waals surface area contributed by atoms with E-state index in [1.165, 1.54) is 0 Å². The predicted molar refractivity (Wildman–Crippen MR) is 106 cm³/mol. The molecule has 1 aromatic carbocycles. The Morgan fingerprint density at radius 1 is 1.00 bits per heavy atom. The molecule has 1 aromatic heterocycles. The molecule has 0 N–H and O–H groups in total. The molecule has 0 atom stereocenters. The van der Waals surface area contributed by atoms with Gasteiger partial charge in [0.2, 0.25) is 5.95 Å². The summed E-state index contributed by atoms with van der Waals surface area (Å²) in [6.45, 7) is 6.71. The van der Waals surface area contributed by atoms with Crippen LogP contribution in [0.2, 0.25) is 0 Å². The fourth-order valence-corrected chi connectivity index (χ4v) is 3.11. The molecule has 1 saturated heterocycles. The molecule has 1 aliphatic rings. The molecule has 2 amide bonds. The number of nitrogens with zero attached hydrogens (tertiary/aromatic N) is 5. The summed E-state index contributed by atoms with van der Waals surface area (Å²) >= 11 is 0. The zero-order valence-electron chi connectivity index (χ0n) is 16.2. The van der Waals surface area contributed by atoms with Crippen LogP contribution in [0.25, 0.3) is 0 Å². The van der Waals surface area contributed by atoms with Gasteiger partial charge in [0.25, 0.3) is 5.91 Å². The van der Waals surface area contributed by atoms with E-state index in [9.17, 15) is 9.59 Å². The number of rotatable bonds is 5. The third-order valence-electron chi connectivity index (χ3n) is 4.60. The molecule has 8 heteroatoms. The number of anilines is 2. The number of carbonyl (C=O) groups is 2. The lowest BCUT2D eigenvalue weighted by Crippen LogP contribution is -2.50. The molecule has 3 rings (SSSR count). The summed E-state index contributed by atoms with van der Waals surface area (Å²) in [5.74, 6) is 0.426. The fourth-order valence-electron chi connectivity index (χ4n) is 3.11. The Balaban J connectivity index is 1.63. The maximum atomic E-state index is 12.7. The second-order valence-electron chi connectivity index (χ2n) is 6.33. The number of amides is 2. The van der Waals surface area contributed by atoms with E-state index in [-0.39, 0.29) is 12.0 Å². The average Bonchev–Trinajstić information content (AvgIpc) is 2.75. The zero-order chi connectivity index (χ0) is 19.9. The Morgan fingerprint density at radius 3 is 2.18 bits per heavy atom. The van der Waals surface area contributed by atoms with E-state index in [1.54, 1.807) is 29.1 Å². The second kappa shape index (κ2) is 9.16. The Kier molecular flexibility index (Phi) is 6.41. The summed E-state index contributed by atoms with van der Waals surface area (Å²) in [5, 5.41) is 0. The molecule has 2 aromatic rings. The molecule has 0 radical (unpaired) electrons. The van der Waals surface area contributed by atoms with Crippen molar-refractivity contribution in [3.63, 3.8) is 0 Å². The molecule has 1 fully saturated rings. The molecule has 0 unspecified atom stereocenters. The number of benzene rings is 1. The van der Waals surface area contributed by atoms with E-state index in [4.69, 9.17) is 4.74 Å². The SMILES string of the molecule is CCOC(=O)N1CCN(C(=O)c2cnc(N(CC)c3ccccc3)nc2)CC1. The van der Waals surface area contributed by atoms with Gasteiger partial charge >= 0.3 is 6.09 Å². The van der Waals surface area contributed by atoms with E-state index in [0.29, 0.717) is 50.8 Å². The first-order chi connectivity index (χ1) is 13.6. The molecular weight excluding hydrogens is 358 g/mol. The van der Waals surface area contributed by atoms with Crippen molar-refractivity contribution in [3.8, 4) is 0 Å². The van der Waals surface area contributed by atoms with Crippen molar-refractivity contribution in [3.05, 3.63) is 48.3 Å². The molecular formula is C20H25N5O3. The first-order valence-electron chi connectivity index (χ1n) is 9.49. The van der Waals surface area contributed by atoms with Gasteiger partial charge in [-0.05, 0) is 26.0 Å². The normalized spacial score (nSPS) is 13.9. The van der Waals surface area contributed by atoms with Crippen LogP contribution in [0.3, 0.4) is 0 Å². The first-order valence-corrected chi connectivity index (χ1v) is 9.49. The maximum Gasteiger partial charge on any atom is 0.409 e. The van der Waals surface area contributed by atoms with Crippen LogP contribution in [-0.2, 0) is 4.74 Å². The van der Waals surface area contributed by atoms with Crippen LogP contribution in [0.1, 0.15) is 24.2 Å². The molecule has 8 nitrogen and oxygen atoms in total. The fraction of sp³-hybridized carbons (Fsp3) is 0.400. The van der Waals surface area contributed by atoms with Crippen LogP contribution in [0.15, 0.2) is 42.7 Å². The number of carbonyl (C=O) groups excluding carboxylic acids is 2. The van der Waals surface area contributed by atoms with Crippen LogP contribution >= 0.6 is 0 Å². The van der Waals surface area contributed by atoms with Crippen molar-refractivity contribution in [2.24, 2.45) is 0 Å². The Morgan fingerprint density at radius 2 is 1.61 bits per heavy atom. The Bertz CT molecular complexity index is 789. The van der Waals surface area contributed by atoms with E-state index in [0.717, 1.165) is 5.69 Å². The van der Waals surface area contributed by atoms with Gasteiger partial charge in [-0.3, -0.25) is 4.79 Å². The van der Waals surface area contributed by atoms with Crippen molar-refractivity contribution in [2.45, 2.75) is 13.8 Å². The van der Waals surface area contributed by atoms with Crippen molar-refractivity contribution in [1.29, 1.82) is 0 Å². The van der Waals surface area contributed by atoms with Gasteiger partial charge in [-0.1, -0.05) is 18.2 Å². The van der Waals surface area contributed by atoms with Gasteiger partial charge in [0, 0.05) is 50.8 Å². The van der Waals surface area contributed by atoms with Gasteiger partial charge in [-0.25, -0.2) is 14.8 Å². The summed E-state index contributed by atoms with van der Waals surface area (Å²) in [7, 11) is 0. The van der Waals surface area contributed by atoms with Crippen LogP contribution in [0, 0.1) is 0 Å². The van der Waals surface area contributed by atoms with Crippen molar-refractivity contribution in [2.75, 3.05) is 44.2 Å². The second-order valence-corrected chi connectivity index (χ2v) is 6.33. The number of aromatic nitrogens is 2. The van der Waals surface area contributed by atoms with E-state index in [2.05, 4.69) is 9.97 Å². The summed E-state index contributed by atoms with van der Waals surface area (Å²) in [6.07, 6.45) is 2.80. The Labute approximate surface area is 164 Å². The lowest BCUT2D eigenvalue weighted by molar-refractivity contribution is 0.0570. The minimum atomic E-state index is -0.331. The van der Waals surface area contributed by atoms with Gasteiger partial charge in [0.05, 0.1) is 12.2 Å². The van der Waals surface area contributed by atoms with Crippen LogP contribution in [-0.4, -0.2) is 71.1 Å². The largest absolute Gasteiger partial charge is 0.450 e. The van der Waals surface area contributed by atoms with Crippen molar-refractivity contribution < 1.29 is 14.3 Å². The van der Waals surface area contributed by atoms with Crippen LogP contribution in [0.5, 0.6) is 0 Å². The topological polar surface area (TPSA) is 78.9 Å². The number of hydrogen-bond acceptors (Lipinski definition) is 6. The smallest absolute Gasteiger partial charge is 0.409 e. The molecule has 0 spiro atoms. The lowest BCUT2D eigenvalue weighted by atomic mass is 10.2. The van der Waals surface area contributed by atoms with Crippen molar-refractivity contribution in [1.82, 2.24) is 19.8 Å². The third-order valence-corrected chi connectivity index (χ3v) is 4.60. The zero-order valence-corrected chi connectivity index (χ0v) is 16.2. The minimum absolute atomic E-state index is 0.127. The molecule has 0 aliphatic carbocycles. The number of piperazine rings is 1. The van der Waals surface area contributed by atoms with Gasteiger partial charge < -0.3 is 19.4 Å². The number of para-hydroxylation sites is 1. The van der Waals surface area contributed by atoms with Gasteiger partial charge in [-0.15, -0.1) is 0 Å². The molecule has 1 aliphatic heterocycles. The summed E-state index contributed by atoms with van der Waals surface area (Å²) in [4.78, 5) is 38.6. The van der Waals surface area contributed by atoms with Crippen LogP contribution in [0.4, 0.5) is 16.4 Å². The molecule has 0 bridgehead atoms. The van der Waals surface area contributed by atoms with Gasteiger partial charge in [0.1, 0.15) is 0 Å². The maximum absolute atomic E-state index is 12.7. The highest BCUT2D eigenvalue weighted by Crippen LogP contribution is 2.21. The molecule has 2 heterocycles. The van der Waals surface area contributed by atoms with E-state index in [1.807, 2.05) is 42.2 Å².